The average Bonchev–Trinajstić information content (AvgIpc) is 2.80. The molecule has 0 aliphatic heterocycles. The number of hydrogen-bond donors (Lipinski definition) is 3. The smallest absolute Gasteiger partial charge is 0.0824 e. The van der Waals surface area contributed by atoms with Crippen molar-refractivity contribution in [1.82, 2.24) is 5.32 Å². The van der Waals surface area contributed by atoms with Gasteiger partial charge in [0.1, 0.15) is 0 Å². The van der Waals surface area contributed by atoms with Crippen LogP contribution in [0.4, 0.5) is 0 Å². The van der Waals surface area contributed by atoms with Crippen LogP contribution in [-0.2, 0) is 0 Å². The number of allylic oxidation sites excluding steroid dienone is 4. The maximum absolute atomic E-state index is 6.36. The first-order valence-electron chi connectivity index (χ1n) is 10.1. The molecule has 4 rings (SSSR count). The molecule has 0 fully saturated rings. The van der Waals surface area contributed by atoms with Crippen LogP contribution in [0.15, 0.2) is 97.1 Å². The molecule has 0 saturated heterocycles. The monoisotopic (exact) mass is 381 g/mol. The van der Waals surface area contributed by atoms with E-state index < -0.39 is 0 Å². The fraction of sp³-hybridized carbons (Fsp3) is 0.154. The molecule has 146 valence electrons. The van der Waals surface area contributed by atoms with Crippen molar-refractivity contribution in [2.75, 3.05) is 0 Å². The Bertz CT molecular complexity index is 986. The minimum absolute atomic E-state index is 0.330. The molecule has 3 heteroatoms. The summed E-state index contributed by atoms with van der Waals surface area (Å²) in [6.07, 6.45) is 8.25. The van der Waals surface area contributed by atoms with Crippen LogP contribution in [-0.4, -0.2) is 0 Å². The average molecular weight is 382 g/mol. The summed E-state index contributed by atoms with van der Waals surface area (Å²) >= 11 is 0. The van der Waals surface area contributed by atoms with Crippen molar-refractivity contribution in [1.29, 1.82) is 0 Å². The van der Waals surface area contributed by atoms with Gasteiger partial charge in [0.2, 0.25) is 0 Å². The topological polar surface area (TPSA) is 64.1 Å². The highest BCUT2D eigenvalue weighted by molar-refractivity contribution is 5.74. The summed E-state index contributed by atoms with van der Waals surface area (Å²) in [7, 11) is 0. The highest BCUT2D eigenvalue weighted by atomic mass is 15.1. The lowest BCUT2D eigenvalue weighted by Crippen LogP contribution is -2.36. The van der Waals surface area contributed by atoms with Gasteiger partial charge < -0.3 is 11.5 Å². The molecule has 0 bridgehead atoms. The molecule has 3 aromatic carbocycles. The Hall–Kier alpha value is -2.98. The SMILES string of the molecule is NC(NC(N)c1ccc(-c2ccccc2)cc1)c1ccc(C2=CCCC=C2)cc1. The van der Waals surface area contributed by atoms with E-state index in [9.17, 15) is 0 Å². The third-order valence-corrected chi connectivity index (χ3v) is 5.33. The standard InChI is InChI=1S/C26H27N3/c27-25(23-15-11-21(12-16-23)19-7-3-1-4-8-19)29-26(28)24-17-13-22(14-18-24)20-9-5-2-6-10-20/h1,3-5,7-18,25-26,29H,2,6,27-28H2. The first kappa shape index (κ1) is 19.3. The van der Waals surface area contributed by atoms with E-state index in [1.54, 1.807) is 0 Å². The number of nitrogens with one attached hydrogen (secondary N) is 1. The number of rotatable bonds is 6. The molecule has 1 aliphatic rings. The molecule has 2 unspecified atom stereocenters. The molecule has 0 heterocycles. The molecule has 0 saturated carbocycles. The van der Waals surface area contributed by atoms with E-state index in [0.717, 1.165) is 24.0 Å². The molecular formula is C26H27N3. The Morgan fingerprint density at radius 1 is 0.621 bits per heavy atom. The van der Waals surface area contributed by atoms with E-state index in [4.69, 9.17) is 11.5 Å². The molecule has 5 N–H and O–H groups in total. The normalized spacial score (nSPS) is 15.6. The lowest BCUT2D eigenvalue weighted by Gasteiger charge is -2.21. The Kier molecular flexibility index (Phi) is 6.01. The number of benzene rings is 3. The first-order valence-corrected chi connectivity index (χ1v) is 10.1. The molecular weight excluding hydrogens is 354 g/mol. The van der Waals surface area contributed by atoms with E-state index in [1.807, 2.05) is 18.2 Å². The van der Waals surface area contributed by atoms with Crippen LogP contribution in [0.5, 0.6) is 0 Å². The second-order valence-corrected chi connectivity index (χ2v) is 7.37. The lowest BCUT2D eigenvalue weighted by atomic mass is 9.98. The fourth-order valence-electron chi connectivity index (χ4n) is 3.61. The Morgan fingerprint density at radius 3 is 1.72 bits per heavy atom. The molecule has 0 aromatic heterocycles. The first-order chi connectivity index (χ1) is 14.2. The highest BCUT2D eigenvalue weighted by Gasteiger charge is 2.12. The minimum atomic E-state index is -0.335. The van der Waals surface area contributed by atoms with Crippen LogP contribution in [0.1, 0.15) is 41.9 Å². The summed E-state index contributed by atoms with van der Waals surface area (Å²) in [5, 5.41) is 3.30. The molecule has 3 aromatic rings. The Labute approximate surface area is 172 Å². The molecule has 0 spiro atoms. The van der Waals surface area contributed by atoms with E-state index >= 15 is 0 Å². The quantitative estimate of drug-likeness (QED) is 0.508. The zero-order valence-electron chi connectivity index (χ0n) is 16.5. The van der Waals surface area contributed by atoms with E-state index in [0.29, 0.717) is 0 Å². The van der Waals surface area contributed by atoms with Crippen LogP contribution >= 0.6 is 0 Å². The minimum Gasteiger partial charge on any atom is -0.312 e. The van der Waals surface area contributed by atoms with E-state index in [-0.39, 0.29) is 12.3 Å². The highest BCUT2D eigenvalue weighted by Crippen LogP contribution is 2.24. The summed E-state index contributed by atoms with van der Waals surface area (Å²) < 4.78 is 0. The van der Waals surface area contributed by atoms with Gasteiger partial charge in [0, 0.05) is 0 Å². The third-order valence-electron chi connectivity index (χ3n) is 5.33. The Balaban J connectivity index is 1.40. The zero-order valence-corrected chi connectivity index (χ0v) is 16.5. The summed E-state index contributed by atoms with van der Waals surface area (Å²) in [6.45, 7) is 0. The largest absolute Gasteiger partial charge is 0.312 e. The van der Waals surface area contributed by atoms with Crippen molar-refractivity contribution < 1.29 is 0 Å². The predicted molar refractivity (Wildman–Crippen MR) is 122 cm³/mol. The summed E-state index contributed by atoms with van der Waals surface area (Å²) in [5.41, 5.74) is 19.6. The van der Waals surface area contributed by atoms with Crippen LogP contribution in [0.2, 0.25) is 0 Å². The van der Waals surface area contributed by atoms with Gasteiger partial charge in [0.15, 0.2) is 0 Å². The summed E-state index contributed by atoms with van der Waals surface area (Å²) in [6, 6.07) is 27.0. The molecule has 3 nitrogen and oxygen atoms in total. The Morgan fingerprint density at radius 2 is 1.17 bits per heavy atom. The maximum atomic E-state index is 6.36. The van der Waals surface area contributed by atoms with Crippen LogP contribution < -0.4 is 16.8 Å². The van der Waals surface area contributed by atoms with Gasteiger partial charge in [-0.15, -0.1) is 0 Å². The van der Waals surface area contributed by atoms with Crippen LogP contribution in [0, 0.1) is 0 Å². The maximum Gasteiger partial charge on any atom is 0.0824 e. The van der Waals surface area contributed by atoms with Crippen molar-refractivity contribution in [3.63, 3.8) is 0 Å². The summed E-state index contributed by atoms with van der Waals surface area (Å²) in [5.74, 6) is 0. The van der Waals surface area contributed by atoms with Crippen LogP contribution in [0.3, 0.4) is 0 Å². The van der Waals surface area contributed by atoms with E-state index in [2.05, 4.69) is 84.2 Å². The van der Waals surface area contributed by atoms with Gasteiger partial charge in [-0.05, 0) is 46.2 Å². The van der Waals surface area contributed by atoms with Crippen molar-refractivity contribution in [2.24, 2.45) is 11.5 Å². The summed E-state index contributed by atoms with van der Waals surface area (Å²) in [4.78, 5) is 0. The molecule has 0 amide bonds. The van der Waals surface area contributed by atoms with Crippen molar-refractivity contribution in [3.05, 3.63) is 114 Å². The molecule has 0 radical (unpaired) electrons. The van der Waals surface area contributed by atoms with Crippen molar-refractivity contribution >= 4 is 5.57 Å². The third kappa shape index (κ3) is 4.72. The van der Waals surface area contributed by atoms with Gasteiger partial charge in [-0.2, -0.15) is 0 Å². The zero-order chi connectivity index (χ0) is 20.1. The molecule has 1 aliphatic carbocycles. The molecule has 29 heavy (non-hydrogen) atoms. The van der Waals surface area contributed by atoms with E-state index in [1.165, 1.54) is 22.3 Å². The van der Waals surface area contributed by atoms with Gasteiger partial charge in [0.25, 0.3) is 0 Å². The van der Waals surface area contributed by atoms with Gasteiger partial charge >= 0.3 is 0 Å². The number of nitrogens with two attached hydrogens (primary N) is 2. The second kappa shape index (κ2) is 9.01. The number of hydrogen-bond acceptors (Lipinski definition) is 3. The second-order valence-electron chi connectivity index (χ2n) is 7.37. The van der Waals surface area contributed by atoms with Gasteiger partial charge in [0.05, 0.1) is 12.3 Å². The van der Waals surface area contributed by atoms with Gasteiger partial charge in [-0.25, -0.2) is 0 Å². The predicted octanol–water partition coefficient (Wildman–Crippen LogP) is 5.29. The van der Waals surface area contributed by atoms with Gasteiger partial charge in [-0.3, -0.25) is 5.32 Å². The van der Waals surface area contributed by atoms with Crippen molar-refractivity contribution in [3.8, 4) is 11.1 Å². The van der Waals surface area contributed by atoms with Gasteiger partial charge in [-0.1, -0.05) is 97.1 Å². The fourth-order valence-corrected chi connectivity index (χ4v) is 3.61. The lowest BCUT2D eigenvalue weighted by molar-refractivity contribution is 0.464. The van der Waals surface area contributed by atoms with Crippen LogP contribution in [0.25, 0.3) is 16.7 Å². The molecule has 2 atom stereocenters. The van der Waals surface area contributed by atoms with Crippen molar-refractivity contribution in [2.45, 2.75) is 25.2 Å².